The predicted molar refractivity (Wildman–Crippen MR) is 79.8 cm³/mol. The second kappa shape index (κ2) is 7.12. The highest BCUT2D eigenvalue weighted by Gasteiger charge is 2.42. The highest BCUT2D eigenvalue weighted by Crippen LogP contribution is 2.22. The molecule has 0 aliphatic rings. The molecule has 0 atom stereocenters. The number of carbonyl (C=O) groups is 1. The van der Waals surface area contributed by atoms with E-state index in [-0.39, 0.29) is 18.8 Å². The quantitative estimate of drug-likeness (QED) is 0.617. The maximum Gasteiger partial charge on any atom is 0.471 e. The zero-order valence-electron chi connectivity index (χ0n) is 12.4. The van der Waals surface area contributed by atoms with Crippen molar-refractivity contribution in [2.75, 3.05) is 0 Å². The zero-order valence-corrected chi connectivity index (χ0v) is 12.4. The van der Waals surface area contributed by atoms with E-state index in [1.54, 1.807) is 30.3 Å². The summed E-state index contributed by atoms with van der Waals surface area (Å²) >= 11 is 0. The number of nitro benzene ring substituents is 1. The molecule has 8 heteroatoms. The zero-order chi connectivity index (χ0) is 17.7. The van der Waals surface area contributed by atoms with Crippen LogP contribution >= 0.6 is 0 Å². The average Bonchev–Trinajstić information content (AvgIpc) is 2.54. The first-order chi connectivity index (χ1) is 11.3. The van der Waals surface area contributed by atoms with E-state index in [4.69, 9.17) is 0 Å². The molecule has 2 aromatic rings. The van der Waals surface area contributed by atoms with E-state index in [0.29, 0.717) is 16.0 Å². The number of nitro groups is 1. The van der Waals surface area contributed by atoms with Crippen LogP contribution in [0.3, 0.4) is 0 Å². The molecule has 0 saturated heterocycles. The minimum Gasteiger partial charge on any atom is -0.326 e. The van der Waals surface area contributed by atoms with Crippen molar-refractivity contribution >= 4 is 11.6 Å². The fourth-order valence-corrected chi connectivity index (χ4v) is 2.13. The summed E-state index contributed by atoms with van der Waals surface area (Å²) in [6, 6.07) is 13.3. The van der Waals surface area contributed by atoms with Crippen molar-refractivity contribution in [1.82, 2.24) is 4.90 Å². The highest BCUT2D eigenvalue weighted by atomic mass is 19.4. The molecular weight excluding hydrogens is 325 g/mol. The number of halogens is 3. The standard InChI is InChI=1S/C16H13F3N2O3/c17-16(18,19)15(22)20(10-12-4-2-1-3-5-12)11-13-6-8-14(9-7-13)21(23)24/h1-9H,10-11H2. The lowest BCUT2D eigenvalue weighted by molar-refractivity contribution is -0.384. The first kappa shape index (κ1) is 17.5. The summed E-state index contributed by atoms with van der Waals surface area (Å²) in [5.41, 5.74) is 0.752. The van der Waals surface area contributed by atoms with Crippen molar-refractivity contribution in [3.05, 3.63) is 75.8 Å². The Balaban J connectivity index is 2.22. The minimum atomic E-state index is -4.99. The van der Waals surface area contributed by atoms with E-state index < -0.39 is 17.0 Å². The SMILES string of the molecule is O=C(N(Cc1ccccc1)Cc1ccc([N+](=O)[O-])cc1)C(F)(F)F. The molecule has 24 heavy (non-hydrogen) atoms. The Kier molecular flexibility index (Phi) is 5.18. The molecule has 0 radical (unpaired) electrons. The lowest BCUT2D eigenvalue weighted by Crippen LogP contribution is -2.40. The normalized spacial score (nSPS) is 11.1. The number of hydrogen-bond donors (Lipinski definition) is 0. The summed E-state index contributed by atoms with van der Waals surface area (Å²) in [7, 11) is 0. The number of hydrogen-bond acceptors (Lipinski definition) is 3. The molecule has 0 saturated carbocycles. The van der Waals surface area contributed by atoms with Gasteiger partial charge in [-0.15, -0.1) is 0 Å². The lowest BCUT2D eigenvalue weighted by atomic mass is 10.1. The molecule has 2 aromatic carbocycles. The summed E-state index contributed by atoms with van der Waals surface area (Å²) in [5.74, 6) is -1.95. The first-order valence-electron chi connectivity index (χ1n) is 6.91. The van der Waals surface area contributed by atoms with Gasteiger partial charge in [0.15, 0.2) is 0 Å². The van der Waals surface area contributed by atoms with Gasteiger partial charge in [-0.25, -0.2) is 0 Å². The van der Waals surface area contributed by atoms with Crippen LogP contribution in [0.1, 0.15) is 11.1 Å². The number of nitrogens with zero attached hydrogens (tertiary/aromatic N) is 2. The van der Waals surface area contributed by atoms with E-state index in [9.17, 15) is 28.1 Å². The van der Waals surface area contributed by atoms with Gasteiger partial charge in [0.25, 0.3) is 5.69 Å². The van der Waals surface area contributed by atoms with E-state index in [1.807, 2.05) is 0 Å². The topological polar surface area (TPSA) is 63.5 Å². The van der Waals surface area contributed by atoms with Crippen LogP contribution in [0.5, 0.6) is 0 Å². The van der Waals surface area contributed by atoms with E-state index in [1.165, 1.54) is 24.3 Å². The molecule has 0 aromatic heterocycles. The summed E-state index contributed by atoms with van der Waals surface area (Å²) in [6.07, 6.45) is -4.99. The fraction of sp³-hybridized carbons (Fsp3) is 0.188. The molecule has 0 unspecified atom stereocenters. The Morgan fingerprint density at radius 2 is 1.46 bits per heavy atom. The highest BCUT2D eigenvalue weighted by molar-refractivity contribution is 5.81. The molecule has 2 rings (SSSR count). The Morgan fingerprint density at radius 1 is 0.958 bits per heavy atom. The van der Waals surface area contributed by atoms with Crippen LogP contribution in [-0.2, 0) is 17.9 Å². The molecule has 1 amide bonds. The van der Waals surface area contributed by atoms with E-state index in [0.717, 1.165) is 0 Å². The third kappa shape index (κ3) is 4.55. The Hall–Kier alpha value is -2.90. The Morgan fingerprint density at radius 3 is 1.92 bits per heavy atom. The molecule has 5 nitrogen and oxygen atoms in total. The van der Waals surface area contributed by atoms with Crippen LogP contribution in [0.15, 0.2) is 54.6 Å². The third-order valence-electron chi connectivity index (χ3n) is 3.27. The monoisotopic (exact) mass is 338 g/mol. The number of amides is 1. The molecule has 0 bridgehead atoms. The lowest BCUT2D eigenvalue weighted by Gasteiger charge is -2.24. The van der Waals surface area contributed by atoms with Crippen LogP contribution in [0.4, 0.5) is 18.9 Å². The predicted octanol–water partition coefficient (Wildman–Crippen LogP) is 3.69. The van der Waals surface area contributed by atoms with Gasteiger partial charge in [-0.1, -0.05) is 42.5 Å². The second-order valence-corrected chi connectivity index (χ2v) is 5.07. The molecular formula is C16H13F3N2O3. The Labute approximate surface area is 135 Å². The molecule has 0 fully saturated rings. The number of carbonyl (C=O) groups excluding carboxylic acids is 1. The van der Waals surface area contributed by atoms with Crippen molar-refractivity contribution in [3.8, 4) is 0 Å². The maximum absolute atomic E-state index is 12.8. The number of non-ortho nitro benzene ring substituents is 1. The van der Waals surface area contributed by atoms with Gasteiger partial charge < -0.3 is 4.90 Å². The molecule has 0 aliphatic carbocycles. The largest absolute Gasteiger partial charge is 0.471 e. The van der Waals surface area contributed by atoms with Gasteiger partial charge in [0.1, 0.15) is 0 Å². The fourth-order valence-electron chi connectivity index (χ4n) is 2.13. The minimum absolute atomic E-state index is 0.171. The van der Waals surface area contributed by atoms with Crippen molar-refractivity contribution in [2.24, 2.45) is 0 Å². The maximum atomic E-state index is 12.8. The van der Waals surface area contributed by atoms with Gasteiger partial charge in [-0.2, -0.15) is 13.2 Å². The Bertz CT molecular complexity index is 716. The van der Waals surface area contributed by atoms with Crippen LogP contribution in [0.25, 0.3) is 0 Å². The average molecular weight is 338 g/mol. The van der Waals surface area contributed by atoms with Gasteiger partial charge in [0.2, 0.25) is 0 Å². The number of benzene rings is 2. The summed E-state index contributed by atoms with van der Waals surface area (Å²) in [4.78, 5) is 22.3. The van der Waals surface area contributed by atoms with Crippen LogP contribution < -0.4 is 0 Å². The van der Waals surface area contributed by atoms with Crippen molar-refractivity contribution in [1.29, 1.82) is 0 Å². The smallest absolute Gasteiger partial charge is 0.326 e. The van der Waals surface area contributed by atoms with Gasteiger partial charge in [-0.05, 0) is 11.1 Å². The van der Waals surface area contributed by atoms with Gasteiger partial charge in [0, 0.05) is 25.2 Å². The number of rotatable bonds is 5. The van der Waals surface area contributed by atoms with Crippen LogP contribution in [0.2, 0.25) is 0 Å². The summed E-state index contributed by atoms with van der Waals surface area (Å²) < 4.78 is 38.4. The third-order valence-corrected chi connectivity index (χ3v) is 3.27. The van der Waals surface area contributed by atoms with Crippen molar-refractivity contribution < 1.29 is 22.9 Å². The molecule has 0 spiro atoms. The van der Waals surface area contributed by atoms with Gasteiger partial charge in [0.05, 0.1) is 4.92 Å². The molecule has 126 valence electrons. The molecule has 0 N–H and O–H groups in total. The number of alkyl halides is 3. The second-order valence-electron chi connectivity index (χ2n) is 5.07. The first-order valence-corrected chi connectivity index (χ1v) is 6.91. The van der Waals surface area contributed by atoms with E-state index >= 15 is 0 Å². The van der Waals surface area contributed by atoms with E-state index in [2.05, 4.69) is 0 Å². The molecule has 0 aliphatic heterocycles. The van der Waals surface area contributed by atoms with Crippen molar-refractivity contribution in [3.63, 3.8) is 0 Å². The molecule has 0 heterocycles. The van der Waals surface area contributed by atoms with Gasteiger partial charge in [-0.3, -0.25) is 14.9 Å². The van der Waals surface area contributed by atoms with Crippen LogP contribution in [-0.4, -0.2) is 21.9 Å². The summed E-state index contributed by atoms with van der Waals surface area (Å²) in [6.45, 7) is -0.512. The summed E-state index contributed by atoms with van der Waals surface area (Å²) in [5, 5.41) is 10.6. The van der Waals surface area contributed by atoms with Gasteiger partial charge >= 0.3 is 12.1 Å². The van der Waals surface area contributed by atoms with Crippen LogP contribution in [0, 0.1) is 10.1 Å². The van der Waals surface area contributed by atoms with Crippen molar-refractivity contribution in [2.45, 2.75) is 19.3 Å².